The minimum absolute atomic E-state index is 0.0400. The molecule has 1 heterocycles. The van der Waals surface area contributed by atoms with Crippen LogP contribution in [0.15, 0.2) is 0 Å². The zero-order chi connectivity index (χ0) is 15.1. The van der Waals surface area contributed by atoms with Crippen molar-refractivity contribution >= 4 is 17.8 Å². The van der Waals surface area contributed by atoms with Crippen molar-refractivity contribution in [3.63, 3.8) is 0 Å². The van der Waals surface area contributed by atoms with Gasteiger partial charge in [-0.25, -0.2) is 0 Å². The lowest BCUT2D eigenvalue weighted by Gasteiger charge is -2.21. The fourth-order valence-corrected chi connectivity index (χ4v) is 1.53. The lowest BCUT2D eigenvalue weighted by molar-refractivity contribution is 0.248. The standard InChI is InChI=1S/C13H26N6O/c1-6-7-14-11-16-12(15-10(8-20)9(2)3)18-13(17-11)19(4)5/h9-10,20H,6-8H2,1-5H3,(H2,14,15,16,17,18)/t10-/m1/s1. The molecule has 114 valence electrons. The van der Waals surface area contributed by atoms with Gasteiger partial charge in [-0.15, -0.1) is 0 Å². The van der Waals surface area contributed by atoms with Crippen molar-refractivity contribution in [2.75, 3.05) is 42.8 Å². The minimum Gasteiger partial charge on any atom is -0.394 e. The van der Waals surface area contributed by atoms with Crippen LogP contribution >= 0.6 is 0 Å². The van der Waals surface area contributed by atoms with Gasteiger partial charge in [-0.05, 0) is 12.3 Å². The Morgan fingerprint density at radius 3 is 2.30 bits per heavy atom. The summed E-state index contributed by atoms with van der Waals surface area (Å²) < 4.78 is 0. The normalized spacial score (nSPS) is 12.3. The summed E-state index contributed by atoms with van der Waals surface area (Å²) >= 11 is 0. The van der Waals surface area contributed by atoms with Crippen molar-refractivity contribution in [3.05, 3.63) is 0 Å². The highest BCUT2D eigenvalue weighted by molar-refractivity contribution is 5.43. The predicted octanol–water partition coefficient (Wildman–Crippen LogP) is 1.19. The van der Waals surface area contributed by atoms with E-state index in [0.717, 1.165) is 13.0 Å². The van der Waals surface area contributed by atoms with E-state index in [0.29, 0.717) is 17.8 Å². The highest BCUT2D eigenvalue weighted by Crippen LogP contribution is 2.14. The molecule has 0 fully saturated rings. The molecule has 0 saturated carbocycles. The smallest absolute Gasteiger partial charge is 0.231 e. The molecular formula is C13H26N6O. The van der Waals surface area contributed by atoms with Crippen LogP contribution in [-0.2, 0) is 0 Å². The van der Waals surface area contributed by atoms with Crippen molar-refractivity contribution in [2.24, 2.45) is 5.92 Å². The van der Waals surface area contributed by atoms with Crippen LogP contribution in [0.3, 0.4) is 0 Å². The van der Waals surface area contributed by atoms with E-state index in [1.807, 2.05) is 32.8 Å². The minimum atomic E-state index is -0.0774. The number of nitrogens with one attached hydrogen (secondary N) is 2. The Morgan fingerprint density at radius 2 is 1.80 bits per heavy atom. The zero-order valence-corrected chi connectivity index (χ0v) is 13.0. The molecule has 1 atom stereocenters. The second-order valence-corrected chi connectivity index (χ2v) is 5.28. The summed E-state index contributed by atoms with van der Waals surface area (Å²) in [5, 5.41) is 15.7. The molecule has 7 nitrogen and oxygen atoms in total. The van der Waals surface area contributed by atoms with Crippen molar-refractivity contribution in [1.29, 1.82) is 0 Å². The molecule has 0 aliphatic heterocycles. The molecule has 0 unspecified atom stereocenters. The summed E-state index contributed by atoms with van der Waals surface area (Å²) in [6.45, 7) is 7.01. The average Bonchev–Trinajstić information content (AvgIpc) is 2.41. The zero-order valence-electron chi connectivity index (χ0n) is 13.0. The maximum absolute atomic E-state index is 9.39. The number of aliphatic hydroxyl groups is 1. The average molecular weight is 282 g/mol. The van der Waals surface area contributed by atoms with Crippen molar-refractivity contribution in [2.45, 2.75) is 33.2 Å². The molecule has 1 aromatic heterocycles. The van der Waals surface area contributed by atoms with Crippen LogP contribution in [0.2, 0.25) is 0 Å². The number of nitrogens with zero attached hydrogens (tertiary/aromatic N) is 4. The molecule has 0 aromatic carbocycles. The van der Waals surface area contributed by atoms with E-state index in [2.05, 4.69) is 32.5 Å². The topological polar surface area (TPSA) is 86.2 Å². The Balaban J connectivity index is 2.95. The molecular weight excluding hydrogens is 256 g/mol. The summed E-state index contributed by atoms with van der Waals surface area (Å²) in [5.41, 5.74) is 0. The quantitative estimate of drug-likeness (QED) is 0.660. The third-order valence-electron chi connectivity index (χ3n) is 2.87. The first kappa shape index (κ1) is 16.4. The Kier molecular flexibility index (Phi) is 6.44. The van der Waals surface area contributed by atoms with E-state index in [-0.39, 0.29) is 18.6 Å². The van der Waals surface area contributed by atoms with Gasteiger partial charge in [0.2, 0.25) is 17.8 Å². The Morgan fingerprint density at radius 1 is 1.15 bits per heavy atom. The number of aromatic nitrogens is 3. The van der Waals surface area contributed by atoms with E-state index < -0.39 is 0 Å². The molecule has 1 rings (SSSR count). The summed E-state index contributed by atoms with van der Waals surface area (Å²) in [5.74, 6) is 1.90. The molecule has 0 saturated heterocycles. The van der Waals surface area contributed by atoms with Crippen molar-refractivity contribution in [1.82, 2.24) is 15.0 Å². The number of anilines is 3. The molecule has 3 N–H and O–H groups in total. The molecule has 0 radical (unpaired) electrons. The van der Waals surface area contributed by atoms with Gasteiger partial charge in [0.25, 0.3) is 0 Å². The van der Waals surface area contributed by atoms with E-state index in [9.17, 15) is 5.11 Å². The van der Waals surface area contributed by atoms with Gasteiger partial charge in [-0.2, -0.15) is 15.0 Å². The lowest BCUT2D eigenvalue weighted by atomic mass is 10.1. The number of hydrogen-bond donors (Lipinski definition) is 3. The fourth-order valence-electron chi connectivity index (χ4n) is 1.53. The fraction of sp³-hybridized carbons (Fsp3) is 0.769. The lowest BCUT2D eigenvalue weighted by Crippen LogP contribution is -2.31. The number of hydrogen-bond acceptors (Lipinski definition) is 7. The molecule has 0 bridgehead atoms. The van der Waals surface area contributed by atoms with Gasteiger partial charge in [-0.1, -0.05) is 20.8 Å². The summed E-state index contributed by atoms with van der Waals surface area (Å²) in [4.78, 5) is 14.9. The van der Waals surface area contributed by atoms with Crippen LogP contribution in [0.25, 0.3) is 0 Å². The van der Waals surface area contributed by atoms with E-state index in [1.54, 1.807) is 0 Å². The Hall–Kier alpha value is -1.63. The number of rotatable bonds is 8. The SMILES string of the molecule is CCCNc1nc(N[C@H](CO)C(C)C)nc(N(C)C)n1. The second kappa shape index (κ2) is 7.84. The first-order valence-electron chi connectivity index (χ1n) is 7.02. The van der Waals surface area contributed by atoms with Gasteiger partial charge in [0.15, 0.2) is 0 Å². The number of aliphatic hydroxyl groups excluding tert-OH is 1. The van der Waals surface area contributed by atoms with Crippen LogP contribution < -0.4 is 15.5 Å². The van der Waals surface area contributed by atoms with E-state index in [1.165, 1.54) is 0 Å². The highest BCUT2D eigenvalue weighted by Gasteiger charge is 2.15. The molecule has 0 spiro atoms. The van der Waals surface area contributed by atoms with Crippen molar-refractivity contribution in [3.8, 4) is 0 Å². The maximum Gasteiger partial charge on any atom is 0.231 e. The van der Waals surface area contributed by atoms with E-state index >= 15 is 0 Å². The van der Waals surface area contributed by atoms with Gasteiger partial charge < -0.3 is 20.6 Å². The van der Waals surface area contributed by atoms with Crippen molar-refractivity contribution < 1.29 is 5.11 Å². The monoisotopic (exact) mass is 282 g/mol. The Labute approximate surface area is 120 Å². The second-order valence-electron chi connectivity index (χ2n) is 5.28. The van der Waals surface area contributed by atoms with Crippen LogP contribution in [0.5, 0.6) is 0 Å². The molecule has 0 amide bonds. The highest BCUT2D eigenvalue weighted by atomic mass is 16.3. The summed E-state index contributed by atoms with van der Waals surface area (Å²) in [6, 6.07) is -0.0774. The third kappa shape index (κ3) is 4.80. The van der Waals surface area contributed by atoms with Gasteiger partial charge >= 0.3 is 0 Å². The van der Waals surface area contributed by atoms with Gasteiger partial charge in [0.05, 0.1) is 12.6 Å². The van der Waals surface area contributed by atoms with Crippen LogP contribution in [0.1, 0.15) is 27.2 Å². The molecule has 0 aliphatic rings. The first-order chi connectivity index (χ1) is 9.47. The molecule has 20 heavy (non-hydrogen) atoms. The van der Waals surface area contributed by atoms with Crippen LogP contribution in [0, 0.1) is 5.92 Å². The van der Waals surface area contributed by atoms with Crippen LogP contribution in [-0.4, -0.2) is 53.3 Å². The van der Waals surface area contributed by atoms with Gasteiger partial charge in [-0.3, -0.25) is 0 Å². The predicted molar refractivity (Wildman–Crippen MR) is 82.3 cm³/mol. The summed E-state index contributed by atoms with van der Waals surface area (Å²) in [7, 11) is 3.77. The molecule has 0 aliphatic carbocycles. The van der Waals surface area contributed by atoms with Crippen LogP contribution in [0.4, 0.5) is 17.8 Å². The molecule has 7 heteroatoms. The van der Waals surface area contributed by atoms with Gasteiger partial charge in [0.1, 0.15) is 0 Å². The van der Waals surface area contributed by atoms with E-state index in [4.69, 9.17) is 0 Å². The largest absolute Gasteiger partial charge is 0.394 e. The van der Waals surface area contributed by atoms with Gasteiger partial charge in [0, 0.05) is 20.6 Å². The third-order valence-corrected chi connectivity index (χ3v) is 2.87. The first-order valence-corrected chi connectivity index (χ1v) is 7.02. The summed E-state index contributed by atoms with van der Waals surface area (Å²) in [6.07, 6.45) is 0.997. The Bertz CT molecular complexity index is 410. The molecule has 1 aromatic rings. The maximum atomic E-state index is 9.39.